The molecule has 104 valence electrons. The number of hydrogen-bond acceptors (Lipinski definition) is 5. The van der Waals surface area contributed by atoms with Crippen LogP contribution >= 0.6 is 0 Å². The van der Waals surface area contributed by atoms with Crippen molar-refractivity contribution in [3.63, 3.8) is 0 Å². The molecule has 0 radical (unpaired) electrons. The fourth-order valence-corrected chi connectivity index (χ4v) is 2.74. The van der Waals surface area contributed by atoms with E-state index < -0.39 is 0 Å². The minimum Gasteiger partial charge on any atom is -0.481 e. The zero-order valence-electron chi connectivity index (χ0n) is 11.8. The second kappa shape index (κ2) is 5.00. The number of nitrogens with zero attached hydrogens (tertiary/aromatic N) is 3. The zero-order chi connectivity index (χ0) is 14.1. The van der Waals surface area contributed by atoms with Crippen molar-refractivity contribution in [2.24, 2.45) is 0 Å². The Bertz CT molecular complexity index is 642. The Hall–Kier alpha value is -2.30. The van der Waals surface area contributed by atoms with E-state index >= 15 is 0 Å². The van der Waals surface area contributed by atoms with Crippen molar-refractivity contribution < 1.29 is 4.74 Å². The molecule has 0 bridgehead atoms. The Kier molecular flexibility index (Phi) is 3.18. The van der Waals surface area contributed by atoms with Crippen LogP contribution in [0.2, 0.25) is 0 Å². The van der Waals surface area contributed by atoms with Crippen LogP contribution in [0.3, 0.4) is 0 Å². The van der Waals surface area contributed by atoms with Crippen LogP contribution in [-0.4, -0.2) is 23.6 Å². The highest BCUT2D eigenvalue weighted by Crippen LogP contribution is 2.30. The maximum absolute atomic E-state index is 6.09. The lowest BCUT2D eigenvalue weighted by molar-refractivity contribution is 0.393. The molecule has 0 saturated carbocycles. The Labute approximate surface area is 118 Å². The van der Waals surface area contributed by atoms with Crippen LogP contribution in [0.25, 0.3) is 0 Å². The van der Waals surface area contributed by atoms with Crippen LogP contribution < -0.4 is 15.4 Å². The molecule has 1 aliphatic rings. The first kappa shape index (κ1) is 12.7. The summed E-state index contributed by atoms with van der Waals surface area (Å²) in [5, 5.41) is 0. The van der Waals surface area contributed by atoms with Gasteiger partial charge in [-0.2, -0.15) is 0 Å². The quantitative estimate of drug-likeness (QED) is 0.845. The zero-order valence-corrected chi connectivity index (χ0v) is 11.8. The summed E-state index contributed by atoms with van der Waals surface area (Å²) < 4.78 is 5.27. The van der Waals surface area contributed by atoms with E-state index in [2.05, 4.69) is 20.9 Å². The smallest absolute Gasteiger partial charge is 0.221 e. The molecule has 2 heterocycles. The molecule has 0 saturated heterocycles. The first-order valence-electron chi connectivity index (χ1n) is 6.67. The van der Waals surface area contributed by atoms with Gasteiger partial charge in [-0.05, 0) is 30.5 Å². The van der Waals surface area contributed by atoms with Crippen molar-refractivity contribution in [3.8, 4) is 5.88 Å². The number of fused-ring (bicyclic) bond motifs is 1. The van der Waals surface area contributed by atoms with Crippen molar-refractivity contribution in [2.45, 2.75) is 19.9 Å². The van der Waals surface area contributed by atoms with Gasteiger partial charge in [0, 0.05) is 18.8 Å². The topological polar surface area (TPSA) is 64.3 Å². The van der Waals surface area contributed by atoms with Gasteiger partial charge in [0.15, 0.2) is 0 Å². The number of anilines is 2. The summed E-state index contributed by atoms with van der Waals surface area (Å²) in [5.41, 5.74) is 10.4. The molecule has 20 heavy (non-hydrogen) atoms. The molecule has 0 unspecified atom stereocenters. The predicted molar refractivity (Wildman–Crippen MR) is 78.9 cm³/mol. The van der Waals surface area contributed by atoms with Gasteiger partial charge in [-0.25, -0.2) is 9.97 Å². The highest BCUT2D eigenvalue weighted by Gasteiger charge is 2.21. The predicted octanol–water partition coefficient (Wildman–Crippen LogP) is 1.94. The molecule has 5 nitrogen and oxygen atoms in total. The first-order valence-corrected chi connectivity index (χ1v) is 6.67. The third-order valence-electron chi connectivity index (χ3n) is 3.81. The number of rotatable bonds is 2. The molecule has 3 rings (SSSR count). The summed E-state index contributed by atoms with van der Waals surface area (Å²) in [6, 6.07) is 6.12. The summed E-state index contributed by atoms with van der Waals surface area (Å²) in [6.07, 6.45) is 2.52. The number of benzene rings is 1. The Morgan fingerprint density at radius 1 is 1.30 bits per heavy atom. The molecule has 0 aliphatic carbocycles. The molecular weight excluding hydrogens is 252 g/mol. The minimum atomic E-state index is 0.627. The van der Waals surface area contributed by atoms with Crippen molar-refractivity contribution in [1.29, 1.82) is 0 Å². The molecule has 1 aromatic heterocycles. The number of methoxy groups -OCH3 is 1. The van der Waals surface area contributed by atoms with E-state index in [1.165, 1.54) is 11.1 Å². The summed E-state index contributed by atoms with van der Waals surface area (Å²) >= 11 is 0. The maximum Gasteiger partial charge on any atom is 0.221 e. The summed E-state index contributed by atoms with van der Waals surface area (Å²) in [7, 11) is 1.63. The number of nitrogens with two attached hydrogens (primary N) is 1. The van der Waals surface area contributed by atoms with Crippen LogP contribution in [0.4, 0.5) is 11.5 Å². The van der Waals surface area contributed by atoms with Crippen molar-refractivity contribution in [1.82, 2.24) is 9.97 Å². The SMILES string of the molecule is COc1ncnc(N2CCc3cccc(N)c3C2)c1C. The summed E-state index contributed by atoms with van der Waals surface area (Å²) in [5.74, 6) is 1.55. The number of ether oxygens (including phenoxy) is 1. The molecule has 2 aromatic rings. The van der Waals surface area contributed by atoms with Crippen molar-refractivity contribution >= 4 is 11.5 Å². The first-order chi connectivity index (χ1) is 9.70. The van der Waals surface area contributed by atoms with E-state index in [1.54, 1.807) is 13.4 Å². The largest absolute Gasteiger partial charge is 0.481 e. The fraction of sp³-hybridized carbons (Fsp3) is 0.333. The van der Waals surface area contributed by atoms with Gasteiger partial charge < -0.3 is 15.4 Å². The normalized spacial score (nSPS) is 14.0. The lowest BCUT2D eigenvalue weighted by Gasteiger charge is -2.31. The second-order valence-corrected chi connectivity index (χ2v) is 4.99. The van der Waals surface area contributed by atoms with E-state index in [4.69, 9.17) is 10.5 Å². The molecule has 1 aromatic carbocycles. The Morgan fingerprint density at radius 3 is 2.95 bits per heavy atom. The van der Waals surface area contributed by atoms with E-state index in [-0.39, 0.29) is 0 Å². The van der Waals surface area contributed by atoms with Crippen LogP contribution in [0.1, 0.15) is 16.7 Å². The Balaban J connectivity index is 1.96. The van der Waals surface area contributed by atoms with E-state index in [0.29, 0.717) is 5.88 Å². The molecule has 0 fully saturated rings. The number of aromatic nitrogens is 2. The summed E-state index contributed by atoms with van der Waals surface area (Å²) in [4.78, 5) is 10.8. The Morgan fingerprint density at radius 2 is 2.15 bits per heavy atom. The van der Waals surface area contributed by atoms with E-state index in [0.717, 1.165) is 36.6 Å². The second-order valence-electron chi connectivity index (χ2n) is 4.99. The van der Waals surface area contributed by atoms with Gasteiger partial charge in [0.05, 0.1) is 12.7 Å². The van der Waals surface area contributed by atoms with Gasteiger partial charge >= 0.3 is 0 Å². The van der Waals surface area contributed by atoms with Crippen LogP contribution in [0.15, 0.2) is 24.5 Å². The molecule has 0 amide bonds. The van der Waals surface area contributed by atoms with Gasteiger partial charge in [0.25, 0.3) is 0 Å². The van der Waals surface area contributed by atoms with Gasteiger partial charge in [-0.3, -0.25) is 0 Å². The van der Waals surface area contributed by atoms with Gasteiger partial charge in [-0.15, -0.1) is 0 Å². The lowest BCUT2D eigenvalue weighted by atomic mass is 9.98. The monoisotopic (exact) mass is 270 g/mol. The molecular formula is C15H18N4O. The van der Waals surface area contributed by atoms with E-state index in [1.807, 2.05) is 19.1 Å². The standard InChI is InChI=1S/C15H18N4O/c1-10-14(17-9-18-15(10)20-2)19-7-6-11-4-3-5-13(16)12(11)8-19/h3-5,9H,6-8,16H2,1-2H3. The number of nitrogen functional groups attached to an aromatic ring is 1. The van der Waals surface area contributed by atoms with Gasteiger partial charge in [-0.1, -0.05) is 12.1 Å². The third kappa shape index (κ3) is 2.05. The van der Waals surface area contributed by atoms with Crippen LogP contribution in [0, 0.1) is 6.92 Å². The number of hydrogen-bond donors (Lipinski definition) is 1. The van der Waals surface area contributed by atoms with Crippen molar-refractivity contribution in [3.05, 3.63) is 41.2 Å². The van der Waals surface area contributed by atoms with Crippen LogP contribution in [0.5, 0.6) is 5.88 Å². The van der Waals surface area contributed by atoms with E-state index in [9.17, 15) is 0 Å². The third-order valence-corrected chi connectivity index (χ3v) is 3.81. The average molecular weight is 270 g/mol. The molecule has 5 heteroatoms. The van der Waals surface area contributed by atoms with Crippen LogP contribution in [-0.2, 0) is 13.0 Å². The molecule has 2 N–H and O–H groups in total. The van der Waals surface area contributed by atoms with Crippen molar-refractivity contribution in [2.75, 3.05) is 24.3 Å². The van der Waals surface area contributed by atoms with Gasteiger partial charge in [0.2, 0.25) is 5.88 Å². The maximum atomic E-state index is 6.09. The molecule has 0 spiro atoms. The molecule has 0 atom stereocenters. The highest BCUT2D eigenvalue weighted by molar-refractivity contribution is 5.58. The fourth-order valence-electron chi connectivity index (χ4n) is 2.74. The highest BCUT2D eigenvalue weighted by atomic mass is 16.5. The summed E-state index contributed by atoms with van der Waals surface area (Å²) in [6.45, 7) is 3.69. The average Bonchev–Trinajstić information content (AvgIpc) is 2.48. The minimum absolute atomic E-state index is 0.627. The lowest BCUT2D eigenvalue weighted by Crippen LogP contribution is -2.32. The van der Waals surface area contributed by atoms with Gasteiger partial charge in [0.1, 0.15) is 12.1 Å². The molecule has 1 aliphatic heterocycles.